The SMILES string of the molecule is C/C=C\C(=C/C)c1cccc2c1oc1ccccc12.CC.CC.Cc1ccccc1.c1ccccc1. The van der Waals surface area contributed by atoms with Crippen LogP contribution in [0.25, 0.3) is 27.5 Å². The van der Waals surface area contributed by atoms with Crippen molar-refractivity contribution in [2.45, 2.75) is 48.5 Å². The fourth-order valence-corrected chi connectivity index (χ4v) is 3.41. The molecule has 0 saturated carbocycles. The fraction of sp³-hybridized carbons (Fsp3) is 0.200. The lowest BCUT2D eigenvalue weighted by Gasteiger charge is -2.02. The summed E-state index contributed by atoms with van der Waals surface area (Å²) in [7, 11) is 0. The van der Waals surface area contributed by atoms with Crippen LogP contribution in [0.2, 0.25) is 0 Å². The zero-order chi connectivity index (χ0) is 26.6. The van der Waals surface area contributed by atoms with Crippen molar-refractivity contribution >= 4 is 27.5 Å². The number of rotatable bonds is 2. The predicted molar refractivity (Wildman–Crippen MR) is 163 cm³/mol. The molecule has 5 rings (SSSR count). The van der Waals surface area contributed by atoms with Crippen LogP contribution < -0.4 is 0 Å². The number of benzene rings is 4. The van der Waals surface area contributed by atoms with Gasteiger partial charge in [0, 0.05) is 16.3 Å². The zero-order valence-corrected chi connectivity index (χ0v) is 23.0. The number of aryl methyl sites for hydroxylation is 1. The molecule has 0 aliphatic carbocycles. The van der Waals surface area contributed by atoms with Crippen molar-refractivity contribution in [2.75, 3.05) is 0 Å². The molecule has 1 aromatic heterocycles. The van der Waals surface area contributed by atoms with Crippen LogP contribution in [0.5, 0.6) is 0 Å². The maximum Gasteiger partial charge on any atom is 0.143 e. The minimum Gasteiger partial charge on any atom is -0.455 e. The summed E-state index contributed by atoms with van der Waals surface area (Å²) in [4.78, 5) is 0. The van der Waals surface area contributed by atoms with Crippen molar-refractivity contribution < 1.29 is 4.42 Å². The van der Waals surface area contributed by atoms with Crippen molar-refractivity contribution in [1.29, 1.82) is 0 Å². The molecule has 1 heteroatoms. The van der Waals surface area contributed by atoms with E-state index in [4.69, 9.17) is 4.42 Å². The lowest BCUT2D eigenvalue weighted by molar-refractivity contribution is 0.668. The second-order valence-corrected chi connectivity index (χ2v) is 7.33. The molecule has 0 aliphatic heterocycles. The highest BCUT2D eigenvalue weighted by molar-refractivity contribution is 6.08. The van der Waals surface area contributed by atoms with Gasteiger partial charge in [-0.1, -0.05) is 155 Å². The minimum absolute atomic E-state index is 0.945. The Balaban J connectivity index is 0.000000312. The molecule has 5 aromatic rings. The number of para-hydroxylation sites is 2. The first-order valence-corrected chi connectivity index (χ1v) is 13.0. The number of furan rings is 1. The number of fused-ring (bicyclic) bond motifs is 3. The number of hydrogen-bond acceptors (Lipinski definition) is 1. The van der Waals surface area contributed by atoms with Gasteiger partial charge in [0.05, 0.1) is 0 Å². The summed E-state index contributed by atoms with van der Waals surface area (Å²) in [5, 5.41) is 2.35. The third-order valence-corrected chi connectivity index (χ3v) is 4.98. The van der Waals surface area contributed by atoms with Crippen LogP contribution in [0.1, 0.15) is 52.7 Å². The van der Waals surface area contributed by atoms with Gasteiger partial charge < -0.3 is 4.42 Å². The van der Waals surface area contributed by atoms with Crippen LogP contribution in [0, 0.1) is 6.92 Å². The molecule has 188 valence electrons. The smallest absolute Gasteiger partial charge is 0.143 e. The molecule has 0 amide bonds. The molecule has 4 aromatic carbocycles. The fourth-order valence-electron chi connectivity index (χ4n) is 3.41. The third kappa shape index (κ3) is 9.43. The Morgan fingerprint density at radius 2 is 1.08 bits per heavy atom. The van der Waals surface area contributed by atoms with Gasteiger partial charge in [-0.2, -0.15) is 0 Å². The molecular formula is C35H42O. The highest BCUT2D eigenvalue weighted by Gasteiger charge is 2.11. The molecule has 0 unspecified atom stereocenters. The molecule has 0 atom stereocenters. The Hall–Kier alpha value is -3.84. The molecule has 0 fully saturated rings. The maximum absolute atomic E-state index is 6.04. The first kappa shape index (κ1) is 30.2. The molecule has 0 saturated heterocycles. The van der Waals surface area contributed by atoms with Crippen molar-refractivity contribution in [1.82, 2.24) is 0 Å². The molecule has 0 aliphatic rings. The van der Waals surface area contributed by atoms with Crippen LogP contribution in [0.4, 0.5) is 0 Å². The van der Waals surface area contributed by atoms with Gasteiger partial charge in [0.15, 0.2) is 0 Å². The molecule has 1 heterocycles. The average Bonchev–Trinajstić information content (AvgIpc) is 3.35. The summed E-state index contributed by atoms with van der Waals surface area (Å²) in [5.41, 5.74) is 5.57. The Morgan fingerprint density at radius 3 is 1.58 bits per heavy atom. The van der Waals surface area contributed by atoms with Crippen molar-refractivity contribution in [3.63, 3.8) is 0 Å². The summed E-state index contributed by atoms with van der Waals surface area (Å²) in [6.07, 6.45) is 6.28. The van der Waals surface area contributed by atoms with E-state index in [1.54, 1.807) is 0 Å². The van der Waals surface area contributed by atoms with Gasteiger partial charge in [0.25, 0.3) is 0 Å². The number of allylic oxidation sites excluding steroid dienone is 4. The topological polar surface area (TPSA) is 13.1 Å². The van der Waals surface area contributed by atoms with E-state index in [0.29, 0.717) is 0 Å². The van der Waals surface area contributed by atoms with Crippen LogP contribution in [-0.2, 0) is 0 Å². The first-order chi connectivity index (χ1) is 17.7. The first-order valence-electron chi connectivity index (χ1n) is 13.0. The Kier molecular flexibility index (Phi) is 15.5. The molecule has 1 nitrogen and oxygen atoms in total. The summed E-state index contributed by atoms with van der Waals surface area (Å²) >= 11 is 0. The van der Waals surface area contributed by atoms with E-state index in [2.05, 4.69) is 68.5 Å². The van der Waals surface area contributed by atoms with Gasteiger partial charge in [-0.25, -0.2) is 0 Å². The van der Waals surface area contributed by atoms with E-state index < -0.39 is 0 Å². The van der Waals surface area contributed by atoms with E-state index in [0.717, 1.165) is 16.7 Å². The van der Waals surface area contributed by atoms with E-state index in [9.17, 15) is 0 Å². The number of hydrogen-bond donors (Lipinski definition) is 0. The normalized spacial score (nSPS) is 10.1. The molecular weight excluding hydrogens is 436 g/mol. The van der Waals surface area contributed by atoms with Crippen molar-refractivity contribution in [2.24, 2.45) is 0 Å². The van der Waals surface area contributed by atoms with Crippen LogP contribution in [-0.4, -0.2) is 0 Å². The molecule has 0 radical (unpaired) electrons. The Bertz CT molecular complexity index is 1250. The van der Waals surface area contributed by atoms with E-state index >= 15 is 0 Å². The highest BCUT2D eigenvalue weighted by atomic mass is 16.3. The van der Waals surface area contributed by atoms with Crippen LogP contribution in [0.3, 0.4) is 0 Å². The van der Waals surface area contributed by atoms with Gasteiger partial charge in [-0.3, -0.25) is 0 Å². The monoisotopic (exact) mass is 478 g/mol. The van der Waals surface area contributed by atoms with Crippen molar-refractivity contribution in [3.05, 3.63) is 139 Å². The summed E-state index contributed by atoms with van der Waals surface area (Å²) < 4.78 is 6.04. The lowest BCUT2D eigenvalue weighted by Crippen LogP contribution is -1.81. The average molecular weight is 479 g/mol. The predicted octanol–water partition coefficient (Wildman–Crippen LogP) is 11.3. The van der Waals surface area contributed by atoms with Gasteiger partial charge in [0.1, 0.15) is 11.2 Å². The van der Waals surface area contributed by atoms with E-state index in [-0.39, 0.29) is 0 Å². The summed E-state index contributed by atoms with van der Waals surface area (Å²) in [6.45, 7) is 14.2. The standard InChI is InChI=1S/C18H16O.C7H8.C6H6.2C2H6/c1-3-8-13(4-2)14-10-7-11-16-15-9-5-6-12-17(15)19-18(14)16;1-7-5-3-2-4-6-7;1-2-4-6-5-3-1;2*1-2/h3-12H,1-2H3;2-6H,1H3;1-6H;2*1-2H3/b8-3-,13-4+;;;;. The Labute approximate surface area is 218 Å². The second kappa shape index (κ2) is 18.5. The minimum atomic E-state index is 0.945. The Morgan fingerprint density at radius 1 is 0.583 bits per heavy atom. The quantitative estimate of drug-likeness (QED) is 0.230. The van der Waals surface area contributed by atoms with Gasteiger partial charge in [0.2, 0.25) is 0 Å². The van der Waals surface area contributed by atoms with Crippen molar-refractivity contribution in [3.8, 4) is 0 Å². The third-order valence-electron chi connectivity index (χ3n) is 4.98. The molecule has 0 N–H and O–H groups in total. The van der Waals surface area contributed by atoms with Gasteiger partial charge >= 0.3 is 0 Å². The summed E-state index contributed by atoms with van der Waals surface area (Å²) in [6, 6.07) is 36.8. The second-order valence-electron chi connectivity index (χ2n) is 7.33. The highest BCUT2D eigenvalue weighted by Crippen LogP contribution is 2.33. The van der Waals surface area contributed by atoms with Crippen LogP contribution >= 0.6 is 0 Å². The summed E-state index contributed by atoms with van der Waals surface area (Å²) in [5.74, 6) is 0. The molecule has 36 heavy (non-hydrogen) atoms. The lowest BCUT2D eigenvalue weighted by atomic mass is 10.0. The van der Waals surface area contributed by atoms with Gasteiger partial charge in [-0.15, -0.1) is 0 Å². The molecule has 0 spiro atoms. The van der Waals surface area contributed by atoms with Crippen LogP contribution in [0.15, 0.2) is 132 Å². The largest absolute Gasteiger partial charge is 0.455 e. The molecule has 0 bridgehead atoms. The zero-order valence-electron chi connectivity index (χ0n) is 23.0. The van der Waals surface area contributed by atoms with E-state index in [1.165, 1.54) is 21.9 Å². The van der Waals surface area contributed by atoms with Gasteiger partial charge in [-0.05, 0) is 32.4 Å². The van der Waals surface area contributed by atoms with E-state index in [1.807, 2.05) is 107 Å². The maximum atomic E-state index is 6.04.